The van der Waals surface area contributed by atoms with E-state index in [2.05, 4.69) is 42.0 Å². The van der Waals surface area contributed by atoms with Crippen LogP contribution < -0.4 is 5.32 Å². The zero-order valence-electron chi connectivity index (χ0n) is 12.7. The third-order valence-corrected chi connectivity index (χ3v) is 6.44. The molecule has 1 aromatic rings. The molecule has 2 bridgehead atoms. The lowest BCUT2D eigenvalue weighted by atomic mass is 9.68. The predicted molar refractivity (Wildman–Crippen MR) is 85.5 cm³/mol. The van der Waals surface area contributed by atoms with E-state index in [-0.39, 0.29) is 11.2 Å². The first-order chi connectivity index (χ1) is 9.24. The Morgan fingerprint density at radius 1 is 1.30 bits per heavy atom. The molecule has 1 N–H and O–H groups in total. The number of halogens is 2. The monoisotopic (exact) mass is 339 g/mol. The maximum absolute atomic E-state index is 13.8. The molecule has 0 aliphatic heterocycles. The minimum absolute atomic E-state index is 0.191. The van der Waals surface area contributed by atoms with Crippen LogP contribution in [0, 0.1) is 29.5 Å². The lowest BCUT2D eigenvalue weighted by Crippen LogP contribution is -2.45. The number of anilines is 1. The van der Waals surface area contributed by atoms with Crippen molar-refractivity contribution >= 4 is 21.6 Å². The molecule has 2 aliphatic rings. The van der Waals surface area contributed by atoms with Gasteiger partial charge in [0.25, 0.3) is 0 Å². The first kappa shape index (κ1) is 14.4. The molecule has 3 atom stereocenters. The van der Waals surface area contributed by atoms with Gasteiger partial charge >= 0.3 is 0 Å². The van der Waals surface area contributed by atoms with Crippen LogP contribution in [0.2, 0.25) is 0 Å². The van der Waals surface area contributed by atoms with Crippen molar-refractivity contribution in [2.75, 3.05) is 5.32 Å². The van der Waals surface area contributed by atoms with E-state index in [0.717, 1.165) is 17.2 Å². The quantitative estimate of drug-likeness (QED) is 0.747. The molecular formula is C17H23BrFN. The Labute approximate surface area is 129 Å². The Bertz CT molecular complexity index is 549. The smallest absolute Gasteiger partial charge is 0.139 e. The van der Waals surface area contributed by atoms with Gasteiger partial charge < -0.3 is 5.32 Å². The summed E-state index contributed by atoms with van der Waals surface area (Å²) in [6.07, 6.45) is 3.93. The predicted octanol–water partition coefficient (Wildman–Crippen LogP) is 5.52. The average Bonchev–Trinajstić information content (AvgIpc) is 2.82. The number of nitrogens with one attached hydrogen (secondary N) is 1. The first-order valence-corrected chi connectivity index (χ1v) is 8.25. The molecule has 1 aromatic carbocycles. The second-order valence-corrected chi connectivity index (χ2v) is 8.43. The highest BCUT2D eigenvalue weighted by atomic mass is 79.9. The van der Waals surface area contributed by atoms with Crippen LogP contribution in [0.25, 0.3) is 0 Å². The molecule has 2 fully saturated rings. The van der Waals surface area contributed by atoms with Crippen LogP contribution in [0.15, 0.2) is 16.6 Å². The molecule has 2 saturated carbocycles. The van der Waals surface area contributed by atoms with Crippen LogP contribution in [-0.2, 0) is 0 Å². The summed E-state index contributed by atoms with van der Waals surface area (Å²) < 4.78 is 14.4. The molecule has 0 radical (unpaired) electrons. The highest BCUT2D eigenvalue weighted by molar-refractivity contribution is 9.10. The molecule has 0 spiro atoms. The van der Waals surface area contributed by atoms with Gasteiger partial charge in [-0.05, 0) is 76.6 Å². The van der Waals surface area contributed by atoms with Crippen LogP contribution in [-0.4, -0.2) is 6.04 Å². The summed E-state index contributed by atoms with van der Waals surface area (Å²) in [6.45, 7) is 9.16. The number of hydrogen-bond acceptors (Lipinski definition) is 1. The normalized spacial score (nSPS) is 34.5. The van der Waals surface area contributed by atoms with Crippen LogP contribution >= 0.6 is 15.9 Å². The molecule has 0 amide bonds. The van der Waals surface area contributed by atoms with Crippen molar-refractivity contribution in [3.05, 3.63) is 28.0 Å². The molecule has 0 aromatic heterocycles. The largest absolute Gasteiger partial charge is 0.381 e. The van der Waals surface area contributed by atoms with E-state index in [1.54, 1.807) is 6.07 Å². The molecule has 0 heterocycles. The topological polar surface area (TPSA) is 12.0 Å². The van der Waals surface area contributed by atoms with Gasteiger partial charge in [0, 0.05) is 11.7 Å². The minimum atomic E-state index is -0.191. The van der Waals surface area contributed by atoms with Crippen LogP contribution in [0.1, 0.15) is 45.6 Å². The van der Waals surface area contributed by atoms with Crippen LogP contribution in [0.4, 0.5) is 10.1 Å². The second kappa shape index (κ2) is 4.46. The molecular weight excluding hydrogens is 317 g/mol. The van der Waals surface area contributed by atoms with Crippen LogP contribution in [0.3, 0.4) is 0 Å². The number of fused-ring (bicyclic) bond motifs is 2. The number of rotatable bonds is 2. The summed E-state index contributed by atoms with van der Waals surface area (Å²) in [5.74, 6) is 0.606. The SMILES string of the molecule is Cc1cc(Br)c(F)cc1NC1C(C)(C)[C@H]2CC[C@]1(C)C2. The minimum Gasteiger partial charge on any atom is -0.381 e. The van der Waals surface area contributed by atoms with Crippen molar-refractivity contribution in [1.82, 2.24) is 0 Å². The maximum Gasteiger partial charge on any atom is 0.139 e. The van der Waals surface area contributed by atoms with Gasteiger partial charge in [0.2, 0.25) is 0 Å². The summed E-state index contributed by atoms with van der Waals surface area (Å²) in [4.78, 5) is 0. The Morgan fingerprint density at radius 3 is 2.60 bits per heavy atom. The van der Waals surface area contributed by atoms with Gasteiger partial charge in [-0.2, -0.15) is 0 Å². The van der Waals surface area contributed by atoms with E-state index < -0.39 is 0 Å². The fourth-order valence-corrected chi connectivity index (χ4v) is 5.08. The zero-order valence-corrected chi connectivity index (χ0v) is 14.3. The lowest BCUT2D eigenvalue weighted by molar-refractivity contribution is 0.155. The van der Waals surface area contributed by atoms with Crippen molar-refractivity contribution in [2.24, 2.45) is 16.7 Å². The molecule has 1 unspecified atom stereocenters. The van der Waals surface area contributed by atoms with E-state index in [1.165, 1.54) is 19.3 Å². The molecule has 20 heavy (non-hydrogen) atoms. The number of aryl methyl sites for hydroxylation is 1. The van der Waals surface area contributed by atoms with E-state index in [9.17, 15) is 4.39 Å². The lowest BCUT2D eigenvalue weighted by Gasteiger charge is -2.44. The Morgan fingerprint density at radius 2 is 2.00 bits per heavy atom. The van der Waals surface area contributed by atoms with Gasteiger partial charge in [0.1, 0.15) is 5.82 Å². The average molecular weight is 340 g/mol. The summed E-state index contributed by atoms with van der Waals surface area (Å²) in [6, 6.07) is 3.92. The highest BCUT2D eigenvalue weighted by Crippen LogP contribution is 2.63. The second-order valence-electron chi connectivity index (χ2n) is 7.57. The van der Waals surface area contributed by atoms with Crippen molar-refractivity contribution in [3.8, 4) is 0 Å². The van der Waals surface area contributed by atoms with Gasteiger partial charge in [-0.1, -0.05) is 20.8 Å². The van der Waals surface area contributed by atoms with Gasteiger partial charge in [-0.25, -0.2) is 4.39 Å². The first-order valence-electron chi connectivity index (χ1n) is 7.46. The maximum atomic E-state index is 13.8. The molecule has 1 nitrogen and oxygen atoms in total. The molecule has 3 rings (SSSR count). The highest BCUT2D eigenvalue weighted by Gasteiger charge is 2.59. The fourth-order valence-electron chi connectivity index (χ4n) is 4.62. The van der Waals surface area contributed by atoms with Gasteiger partial charge in [0.15, 0.2) is 0 Å². The number of hydrogen-bond donors (Lipinski definition) is 1. The fraction of sp³-hybridized carbons (Fsp3) is 0.647. The van der Waals surface area contributed by atoms with Crippen molar-refractivity contribution in [2.45, 2.75) is 53.0 Å². The molecule has 3 heteroatoms. The summed E-state index contributed by atoms with van der Waals surface area (Å²) >= 11 is 3.26. The van der Waals surface area contributed by atoms with Crippen molar-refractivity contribution in [1.29, 1.82) is 0 Å². The van der Waals surface area contributed by atoms with Crippen molar-refractivity contribution in [3.63, 3.8) is 0 Å². The zero-order chi connectivity index (χ0) is 14.7. The molecule has 110 valence electrons. The van der Waals surface area contributed by atoms with Crippen molar-refractivity contribution < 1.29 is 4.39 Å². The summed E-state index contributed by atoms with van der Waals surface area (Å²) in [7, 11) is 0. The van der Waals surface area contributed by atoms with E-state index in [4.69, 9.17) is 0 Å². The number of benzene rings is 1. The van der Waals surface area contributed by atoms with E-state index in [1.807, 2.05) is 13.0 Å². The Kier molecular flexibility index (Phi) is 3.20. The van der Waals surface area contributed by atoms with Gasteiger partial charge in [0.05, 0.1) is 4.47 Å². The third-order valence-electron chi connectivity index (χ3n) is 5.84. The summed E-state index contributed by atoms with van der Waals surface area (Å²) in [5, 5.41) is 3.68. The van der Waals surface area contributed by atoms with Crippen LogP contribution in [0.5, 0.6) is 0 Å². The van der Waals surface area contributed by atoms with Gasteiger partial charge in [-0.3, -0.25) is 0 Å². The van der Waals surface area contributed by atoms with Gasteiger partial charge in [-0.15, -0.1) is 0 Å². The van der Waals surface area contributed by atoms with E-state index >= 15 is 0 Å². The standard InChI is InChI=1S/C17H23BrFN/c1-10-7-12(18)13(19)8-14(10)20-15-16(2,3)11-5-6-17(15,4)9-11/h7-8,11,15,20H,5-6,9H2,1-4H3/t11-,15?,17+/m0/s1. The Hall–Kier alpha value is -0.570. The third kappa shape index (κ3) is 2.01. The Balaban J connectivity index is 1.93. The molecule has 2 aliphatic carbocycles. The summed E-state index contributed by atoms with van der Waals surface area (Å²) in [5.41, 5.74) is 2.67. The van der Waals surface area contributed by atoms with E-state index in [0.29, 0.717) is 15.9 Å². The molecule has 0 saturated heterocycles.